The molecule has 2 heterocycles. The molecule has 0 aliphatic carbocycles. The molecule has 1 amide bonds. The Bertz CT molecular complexity index is 321. The average Bonchev–Trinajstić information content (AvgIpc) is 2.97. The van der Waals surface area contributed by atoms with Crippen molar-refractivity contribution < 1.29 is 19.4 Å². The third-order valence-corrected chi connectivity index (χ3v) is 3.54. The Morgan fingerprint density at radius 2 is 2.24 bits per heavy atom. The summed E-state index contributed by atoms with van der Waals surface area (Å²) < 4.78 is 5.18. The molecule has 0 saturated carbocycles. The highest BCUT2D eigenvalue weighted by molar-refractivity contribution is 5.87. The van der Waals surface area contributed by atoms with Crippen molar-refractivity contribution in [3.8, 4) is 0 Å². The lowest BCUT2D eigenvalue weighted by molar-refractivity contribution is -0.148. The molecule has 2 N–H and O–H groups in total. The predicted molar refractivity (Wildman–Crippen MR) is 59.6 cm³/mol. The molecule has 2 aliphatic rings. The topological polar surface area (TPSA) is 78.9 Å². The molecule has 17 heavy (non-hydrogen) atoms. The van der Waals surface area contributed by atoms with Gasteiger partial charge in [-0.1, -0.05) is 0 Å². The maximum Gasteiger partial charge on any atom is 0.326 e. The summed E-state index contributed by atoms with van der Waals surface area (Å²) in [5.41, 5.74) is 0. The summed E-state index contributed by atoms with van der Waals surface area (Å²) in [6.07, 6.45) is 2.00. The lowest BCUT2D eigenvalue weighted by atomic mass is 10.1. The summed E-state index contributed by atoms with van der Waals surface area (Å²) in [7, 11) is 1.62. The smallest absolute Gasteiger partial charge is 0.326 e. The van der Waals surface area contributed by atoms with Crippen LogP contribution in [0.5, 0.6) is 0 Å². The van der Waals surface area contributed by atoms with Crippen molar-refractivity contribution in [2.75, 3.05) is 20.2 Å². The van der Waals surface area contributed by atoms with Crippen LogP contribution >= 0.6 is 0 Å². The Labute approximate surface area is 99.9 Å². The number of methoxy groups -OCH3 is 1. The highest BCUT2D eigenvalue weighted by Crippen LogP contribution is 2.21. The third-order valence-electron chi connectivity index (χ3n) is 3.54. The van der Waals surface area contributed by atoms with Crippen LogP contribution in [0.15, 0.2) is 0 Å². The van der Waals surface area contributed by atoms with E-state index in [0.717, 1.165) is 6.42 Å². The normalized spacial score (nSPS) is 33.0. The molecule has 2 saturated heterocycles. The fraction of sp³-hybridized carbons (Fsp3) is 0.818. The number of hydrogen-bond acceptors (Lipinski definition) is 4. The molecule has 0 aromatic carbocycles. The standard InChI is InChI=1S/C11H18N2O4/c1-17-7-5-8(12-6-7)10(14)13-4-2-3-9(13)11(15)16/h7-9,12H,2-6H2,1H3,(H,15,16)/t7?,8?,9-/m0/s1. The molecule has 2 unspecified atom stereocenters. The molecule has 0 radical (unpaired) electrons. The van der Waals surface area contributed by atoms with Crippen LogP contribution in [0.3, 0.4) is 0 Å². The van der Waals surface area contributed by atoms with Gasteiger partial charge >= 0.3 is 5.97 Å². The second-order valence-corrected chi connectivity index (χ2v) is 4.58. The van der Waals surface area contributed by atoms with E-state index in [4.69, 9.17) is 9.84 Å². The Balaban J connectivity index is 1.98. The van der Waals surface area contributed by atoms with Crippen molar-refractivity contribution in [1.82, 2.24) is 10.2 Å². The van der Waals surface area contributed by atoms with Gasteiger partial charge in [-0.25, -0.2) is 4.79 Å². The monoisotopic (exact) mass is 242 g/mol. The molecule has 2 rings (SSSR count). The molecule has 2 aliphatic heterocycles. The molecular formula is C11H18N2O4. The van der Waals surface area contributed by atoms with E-state index in [1.165, 1.54) is 4.90 Å². The fourth-order valence-electron chi connectivity index (χ4n) is 2.56. The summed E-state index contributed by atoms with van der Waals surface area (Å²) in [5.74, 6) is -1.01. The van der Waals surface area contributed by atoms with Crippen molar-refractivity contribution in [2.24, 2.45) is 0 Å². The van der Waals surface area contributed by atoms with Gasteiger partial charge in [0.15, 0.2) is 0 Å². The highest BCUT2D eigenvalue weighted by atomic mass is 16.5. The first-order chi connectivity index (χ1) is 8.13. The summed E-state index contributed by atoms with van der Waals surface area (Å²) in [6, 6.07) is -0.939. The van der Waals surface area contributed by atoms with Crippen LogP contribution in [-0.4, -0.2) is 60.3 Å². The van der Waals surface area contributed by atoms with Crippen LogP contribution in [0.4, 0.5) is 0 Å². The fourth-order valence-corrected chi connectivity index (χ4v) is 2.56. The molecule has 2 fully saturated rings. The number of carboxylic acid groups (broad SMARTS) is 1. The maximum absolute atomic E-state index is 12.2. The number of nitrogens with one attached hydrogen (secondary N) is 1. The van der Waals surface area contributed by atoms with E-state index in [-0.39, 0.29) is 18.1 Å². The average molecular weight is 242 g/mol. The van der Waals surface area contributed by atoms with E-state index in [2.05, 4.69) is 5.32 Å². The van der Waals surface area contributed by atoms with Crippen LogP contribution in [0.2, 0.25) is 0 Å². The second kappa shape index (κ2) is 5.01. The Kier molecular flexibility index (Phi) is 3.63. The van der Waals surface area contributed by atoms with Gasteiger partial charge in [0.05, 0.1) is 12.1 Å². The molecule has 0 aromatic heterocycles. The minimum atomic E-state index is -0.905. The third kappa shape index (κ3) is 2.42. The van der Waals surface area contributed by atoms with Gasteiger partial charge in [0, 0.05) is 20.2 Å². The molecule has 0 bridgehead atoms. The molecular weight excluding hydrogens is 224 g/mol. The maximum atomic E-state index is 12.2. The van der Waals surface area contributed by atoms with Gasteiger partial charge in [-0.3, -0.25) is 4.79 Å². The Morgan fingerprint density at radius 1 is 1.47 bits per heavy atom. The van der Waals surface area contributed by atoms with Crippen molar-refractivity contribution in [1.29, 1.82) is 0 Å². The largest absolute Gasteiger partial charge is 0.480 e. The number of nitrogens with zero attached hydrogens (tertiary/aromatic N) is 1. The summed E-state index contributed by atoms with van der Waals surface area (Å²) in [4.78, 5) is 24.7. The van der Waals surface area contributed by atoms with Crippen LogP contribution in [0.25, 0.3) is 0 Å². The number of carbonyl (C=O) groups excluding carboxylic acids is 1. The summed E-state index contributed by atoms with van der Waals surface area (Å²) >= 11 is 0. The minimum absolute atomic E-state index is 0.0508. The van der Waals surface area contributed by atoms with Gasteiger partial charge in [0.1, 0.15) is 6.04 Å². The van der Waals surface area contributed by atoms with Crippen LogP contribution < -0.4 is 5.32 Å². The lowest BCUT2D eigenvalue weighted by Crippen LogP contribution is -2.48. The molecule has 3 atom stereocenters. The number of carboxylic acids is 1. The van der Waals surface area contributed by atoms with Crippen molar-refractivity contribution >= 4 is 11.9 Å². The summed E-state index contributed by atoms with van der Waals surface area (Å²) in [5, 5.41) is 12.1. The van der Waals surface area contributed by atoms with Gasteiger partial charge in [0.2, 0.25) is 5.91 Å². The number of aliphatic carboxylic acids is 1. The Hall–Kier alpha value is -1.14. The SMILES string of the molecule is COC1CNC(C(=O)N2CCC[C@H]2C(=O)O)C1. The molecule has 0 spiro atoms. The van der Waals surface area contributed by atoms with Gasteiger partial charge in [-0.05, 0) is 19.3 Å². The van der Waals surface area contributed by atoms with Crippen molar-refractivity contribution in [2.45, 2.75) is 37.5 Å². The van der Waals surface area contributed by atoms with Crippen LogP contribution in [-0.2, 0) is 14.3 Å². The van der Waals surface area contributed by atoms with Crippen molar-refractivity contribution in [3.05, 3.63) is 0 Å². The zero-order chi connectivity index (χ0) is 12.4. The second-order valence-electron chi connectivity index (χ2n) is 4.58. The summed E-state index contributed by atoms with van der Waals surface area (Å²) in [6.45, 7) is 1.20. The number of likely N-dealkylation sites (tertiary alicyclic amines) is 1. The van der Waals surface area contributed by atoms with E-state index in [9.17, 15) is 9.59 Å². The number of ether oxygens (including phenoxy) is 1. The quantitative estimate of drug-likeness (QED) is 0.693. The van der Waals surface area contributed by atoms with E-state index in [0.29, 0.717) is 25.9 Å². The Morgan fingerprint density at radius 3 is 2.82 bits per heavy atom. The van der Waals surface area contributed by atoms with Crippen molar-refractivity contribution in [3.63, 3.8) is 0 Å². The molecule has 6 heteroatoms. The van der Waals surface area contributed by atoms with E-state index in [1.54, 1.807) is 7.11 Å². The van der Waals surface area contributed by atoms with Gasteiger partial charge in [-0.15, -0.1) is 0 Å². The van der Waals surface area contributed by atoms with Gasteiger partial charge in [0.25, 0.3) is 0 Å². The number of carbonyl (C=O) groups is 2. The molecule has 96 valence electrons. The number of hydrogen-bond donors (Lipinski definition) is 2. The van der Waals surface area contributed by atoms with E-state index in [1.807, 2.05) is 0 Å². The molecule has 0 aromatic rings. The molecule has 6 nitrogen and oxygen atoms in total. The van der Waals surface area contributed by atoms with E-state index >= 15 is 0 Å². The minimum Gasteiger partial charge on any atom is -0.480 e. The first-order valence-electron chi connectivity index (χ1n) is 5.93. The van der Waals surface area contributed by atoms with E-state index < -0.39 is 12.0 Å². The first-order valence-corrected chi connectivity index (χ1v) is 5.93. The zero-order valence-corrected chi connectivity index (χ0v) is 9.89. The number of rotatable bonds is 3. The van der Waals surface area contributed by atoms with Gasteiger partial charge in [-0.2, -0.15) is 0 Å². The van der Waals surface area contributed by atoms with Crippen LogP contribution in [0.1, 0.15) is 19.3 Å². The number of amides is 1. The highest BCUT2D eigenvalue weighted by Gasteiger charge is 2.39. The zero-order valence-electron chi connectivity index (χ0n) is 9.89. The predicted octanol–water partition coefficient (Wildman–Crippen LogP) is -0.561. The van der Waals surface area contributed by atoms with Gasteiger partial charge < -0.3 is 20.1 Å². The van der Waals surface area contributed by atoms with Crippen LogP contribution in [0, 0.1) is 0 Å². The lowest BCUT2D eigenvalue weighted by Gasteiger charge is -2.24. The first kappa shape index (κ1) is 12.3.